The first kappa shape index (κ1) is 12.1. The van der Waals surface area contributed by atoms with Crippen molar-refractivity contribution in [2.45, 2.75) is 49.7 Å². The van der Waals surface area contributed by atoms with Crippen LogP contribution in [0.3, 0.4) is 0 Å². The number of hydrogen-bond acceptors (Lipinski definition) is 3. The van der Waals surface area contributed by atoms with Crippen molar-refractivity contribution in [3.8, 4) is 0 Å². The van der Waals surface area contributed by atoms with E-state index in [1.165, 1.54) is 6.42 Å². The Bertz CT molecular complexity index is 437. The van der Waals surface area contributed by atoms with Crippen molar-refractivity contribution in [2.24, 2.45) is 5.92 Å². The number of rotatable bonds is 1. The molecule has 0 radical (unpaired) electrons. The highest BCUT2D eigenvalue weighted by atomic mass is 16.5. The largest absolute Gasteiger partial charge is 0.385 e. The maximum atomic E-state index is 11.8. The summed E-state index contributed by atoms with van der Waals surface area (Å²) in [5.41, 5.74) is -0.720. The van der Waals surface area contributed by atoms with Crippen LogP contribution in [0.5, 0.6) is 0 Å². The molecule has 0 amide bonds. The molecule has 3 nitrogen and oxygen atoms in total. The van der Waals surface area contributed by atoms with Crippen LogP contribution >= 0.6 is 0 Å². The van der Waals surface area contributed by atoms with Gasteiger partial charge in [0.15, 0.2) is 5.78 Å². The van der Waals surface area contributed by atoms with Gasteiger partial charge in [-0.25, -0.2) is 0 Å². The zero-order valence-corrected chi connectivity index (χ0v) is 10.8. The van der Waals surface area contributed by atoms with Crippen LogP contribution in [0.1, 0.15) is 38.5 Å². The number of ketones is 1. The van der Waals surface area contributed by atoms with Gasteiger partial charge in [-0.3, -0.25) is 4.79 Å². The molecular formula is C15H20O3. The molecule has 0 spiro atoms. The summed E-state index contributed by atoms with van der Waals surface area (Å²) in [5, 5.41) is 11.1. The first-order valence-corrected chi connectivity index (χ1v) is 6.81. The number of ether oxygens (including phenoxy) is 1. The second-order valence-corrected chi connectivity index (χ2v) is 5.80. The third kappa shape index (κ3) is 1.54. The van der Waals surface area contributed by atoms with Crippen molar-refractivity contribution in [3.05, 3.63) is 23.8 Å². The molecule has 3 rings (SSSR count). The van der Waals surface area contributed by atoms with Crippen LogP contribution in [0.15, 0.2) is 23.8 Å². The summed E-state index contributed by atoms with van der Waals surface area (Å²) in [6, 6.07) is 0. The minimum absolute atomic E-state index is 0.0659. The Morgan fingerprint density at radius 2 is 2.28 bits per heavy atom. The fourth-order valence-electron chi connectivity index (χ4n) is 3.90. The molecule has 3 atom stereocenters. The highest BCUT2D eigenvalue weighted by molar-refractivity contribution is 5.96. The number of carbonyl (C=O) groups excluding carboxylic acids is 1. The minimum atomic E-state index is -0.843. The number of allylic oxidation sites excluding steroid dienone is 2. The first-order valence-electron chi connectivity index (χ1n) is 6.81. The molecule has 0 bridgehead atoms. The summed E-state index contributed by atoms with van der Waals surface area (Å²) in [7, 11) is 1.63. The zero-order valence-electron chi connectivity index (χ0n) is 10.8. The standard InChI is InChI=1S/C15H20O3/c1-18-14-7-4-6-11-5-2-3-8-15(11,17)13(14)9-12(16)10-14/h4,7,9,11,17H,2-3,5-6,8,10H2,1H3/t11-,14+,15-/m1/s1. The van der Waals surface area contributed by atoms with E-state index in [-0.39, 0.29) is 11.7 Å². The fraction of sp³-hybridized carbons (Fsp3) is 0.667. The van der Waals surface area contributed by atoms with Crippen molar-refractivity contribution >= 4 is 5.78 Å². The van der Waals surface area contributed by atoms with Crippen molar-refractivity contribution in [1.29, 1.82) is 0 Å². The number of methoxy groups -OCH3 is 1. The van der Waals surface area contributed by atoms with Crippen molar-refractivity contribution in [1.82, 2.24) is 0 Å². The van der Waals surface area contributed by atoms with Crippen LogP contribution in [0.4, 0.5) is 0 Å². The molecule has 0 aromatic rings. The van der Waals surface area contributed by atoms with Gasteiger partial charge in [-0.2, -0.15) is 0 Å². The van der Waals surface area contributed by atoms with Crippen LogP contribution in [-0.4, -0.2) is 29.2 Å². The van der Waals surface area contributed by atoms with Crippen molar-refractivity contribution < 1.29 is 14.6 Å². The van der Waals surface area contributed by atoms with E-state index >= 15 is 0 Å². The van der Waals surface area contributed by atoms with Gasteiger partial charge in [0.25, 0.3) is 0 Å². The van der Waals surface area contributed by atoms with Gasteiger partial charge < -0.3 is 9.84 Å². The molecule has 3 heteroatoms. The summed E-state index contributed by atoms with van der Waals surface area (Å²) in [6.07, 6.45) is 10.9. The highest BCUT2D eigenvalue weighted by Crippen LogP contribution is 2.51. The van der Waals surface area contributed by atoms with E-state index in [0.717, 1.165) is 31.3 Å². The lowest BCUT2D eigenvalue weighted by atomic mass is 9.68. The van der Waals surface area contributed by atoms with Gasteiger partial charge in [0.1, 0.15) is 5.60 Å². The Kier molecular flexibility index (Phi) is 2.72. The molecule has 1 N–H and O–H groups in total. The predicted octanol–water partition coefficient (Wildman–Crippen LogP) is 2.15. The molecule has 0 aromatic carbocycles. The summed E-state index contributed by atoms with van der Waals surface area (Å²) >= 11 is 0. The van der Waals surface area contributed by atoms with Gasteiger partial charge in [0.05, 0.1) is 5.60 Å². The van der Waals surface area contributed by atoms with Crippen LogP contribution in [0.25, 0.3) is 0 Å². The number of hydrogen-bond donors (Lipinski definition) is 1. The average Bonchev–Trinajstić information content (AvgIpc) is 2.65. The molecule has 0 unspecified atom stereocenters. The molecule has 0 heterocycles. The summed E-state index contributed by atoms with van der Waals surface area (Å²) in [6.45, 7) is 0. The lowest BCUT2D eigenvalue weighted by Gasteiger charge is -2.44. The Hall–Kier alpha value is -0.930. The second-order valence-electron chi connectivity index (χ2n) is 5.80. The number of aliphatic hydroxyl groups is 1. The van der Waals surface area contributed by atoms with E-state index in [1.54, 1.807) is 13.2 Å². The molecule has 3 aliphatic carbocycles. The van der Waals surface area contributed by atoms with Gasteiger partial charge in [0, 0.05) is 19.1 Å². The van der Waals surface area contributed by atoms with Crippen LogP contribution in [0, 0.1) is 5.92 Å². The Morgan fingerprint density at radius 1 is 1.44 bits per heavy atom. The topological polar surface area (TPSA) is 46.5 Å². The third-order valence-electron chi connectivity index (χ3n) is 4.87. The smallest absolute Gasteiger partial charge is 0.159 e. The number of fused-ring (bicyclic) bond motifs is 3. The van der Waals surface area contributed by atoms with Crippen LogP contribution < -0.4 is 0 Å². The summed E-state index contributed by atoms with van der Waals surface area (Å²) in [4.78, 5) is 11.8. The molecule has 0 aliphatic heterocycles. The molecule has 0 saturated heterocycles. The van der Waals surface area contributed by atoms with E-state index in [1.807, 2.05) is 6.08 Å². The van der Waals surface area contributed by atoms with E-state index < -0.39 is 11.2 Å². The molecule has 98 valence electrons. The molecule has 0 aromatic heterocycles. The van der Waals surface area contributed by atoms with Crippen molar-refractivity contribution in [2.75, 3.05) is 7.11 Å². The SMILES string of the molecule is CO[C@]12C=CC[C@H]3CCCC[C@]3(O)C1=CC(=O)C2. The summed E-state index contributed by atoms with van der Waals surface area (Å²) in [5.74, 6) is 0.299. The van der Waals surface area contributed by atoms with E-state index in [0.29, 0.717) is 6.42 Å². The molecule has 3 aliphatic rings. The second kappa shape index (κ2) is 4.04. The van der Waals surface area contributed by atoms with Gasteiger partial charge in [-0.05, 0) is 31.3 Å². The lowest BCUT2D eigenvalue weighted by molar-refractivity contribution is -0.116. The van der Waals surface area contributed by atoms with Crippen molar-refractivity contribution in [3.63, 3.8) is 0 Å². The minimum Gasteiger partial charge on any atom is -0.385 e. The molecule has 18 heavy (non-hydrogen) atoms. The maximum Gasteiger partial charge on any atom is 0.159 e. The maximum absolute atomic E-state index is 11.8. The van der Waals surface area contributed by atoms with Gasteiger partial charge in [-0.15, -0.1) is 0 Å². The Morgan fingerprint density at radius 3 is 3.06 bits per heavy atom. The summed E-state index contributed by atoms with van der Waals surface area (Å²) < 4.78 is 5.63. The quantitative estimate of drug-likeness (QED) is 0.723. The van der Waals surface area contributed by atoms with Gasteiger partial charge in [0.2, 0.25) is 0 Å². The molecule has 1 saturated carbocycles. The first-order chi connectivity index (χ1) is 8.61. The third-order valence-corrected chi connectivity index (χ3v) is 4.87. The normalized spacial score (nSPS) is 43.1. The monoisotopic (exact) mass is 248 g/mol. The van der Waals surface area contributed by atoms with Crippen LogP contribution in [0.2, 0.25) is 0 Å². The molecular weight excluding hydrogens is 228 g/mol. The molecule has 1 fully saturated rings. The fourth-order valence-corrected chi connectivity index (χ4v) is 3.90. The average molecular weight is 248 g/mol. The number of carbonyl (C=O) groups is 1. The Labute approximate surface area is 108 Å². The van der Waals surface area contributed by atoms with E-state index in [9.17, 15) is 9.90 Å². The van der Waals surface area contributed by atoms with E-state index in [2.05, 4.69) is 6.08 Å². The predicted molar refractivity (Wildman–Crippen MR) is 68.1 cm³/mol. The van der Waals surface area contributed by atoms with Gasteiger partial charge in [-0.1, -0.05) is 25.0 Å². The lowest BCUT2D eigenvalue weighted by Crippen LogP contribution is -2.48. The Balaban J connectivity index is 2.10. The van der Waals surface area contributed by atoms with E-state index in [4.69, 9.17) is 4.74 Å². The van der Waals surface area contributed by atoms with Gasteiger partial charge >= 0.3 is 0 Å². The van der Waals surface area contributed by atoms with Crippen LogP contribution in [-0.2, 0) is 9.53 Å². The highest BCUT2D eigenvalue weighted by Gasteiger charge is 2.53. The zero-order chi connectivity index (χ0) is 12.8.